The van der Waals surface area contributed by atoms with Crippen molar-refractivity contribution in [1.29, 1.82) is 0 Å². The first-order valence-electron chi connectivity index (χ1n) is 16.0. The maximum atomic E-state index is 10.8. The van der Waals surface area contributed by atoms with Gasteiger partial charge in [-0.2, -0.15) is 0 Å². The van der Waals surface area contributed by atoms with Crippen LogP contribution in [0.2, 0.25) is 18.1 Å². The SMILES string of the molecule is COc1ccc(COC[C@H](O)[C@@H](CO)C[C@@H](C)C[C@@H](C)C[C@H](C)[C@H](COCc2ccccc2)O[Si](C)(C)C(C)(C)C)cc1. The number of hydrogen-bond donors (Lipinski definition) is 2. The van der Waals surface area contributed by atoms with E-state index in [0.29, 0.717) is 37.6 Å². The van der Waals surface area contributed by atoms with Gasteiger partial charge in [0.15, 0.2) is 8.32 Å². The van der Waals surface area contributed by atoms with Gasteiger partial charge in [0.25, 0.3) is 0 Å². The fourth-order valence-corrected chi connectivity index (χ4v) is 6.84. The lowest BCUT2D eigenvalue weighted by Crippen LogP contribution is -2.47. The summed E-state index contributed by atoms with van der Waals surface area (Å²) < 4.78 is 24.1. The lowest BCUT2D eigenvalue weighted by molar-refractivity contribution is -0.0234. The van der Waals surface area contributed by atoms with Crippen LogP contribution >= 0.6 is 0 Å². The summed E-state index contributed by atoms with van der Waals surface area (Å²) in [5, 5.41) is 21.0. The summed E-state index contributed by atoms with van der Waals surface area (Å²) >= 11 is 0. The topological polar surface area (TPSA) is 77.4 Å². The number of aliphatic hydroxyl groups is 2. The Balaban J connectivity index is 1.88. The third-order valence-electron chi connectivity index (χ3n) is 9.06. The van der Waals surface area contributed by atoms with E-state index in [1.165, 1.54) is 5.56 Å². The Bertz CT molecular complexity index is 1010. The molecule has 43 heavy (non-hydrogen) atoms. The molecule has 0 fully saturated rings. The maximum absolute atomic E-state index is 10.8. The van der Waals surface area contributed by atoms with Crippen molar-refractivity contribution in [1.82, 2.24) is 0 Å². The van der Waals surface area contributed by atoms with Crippen LogP contribution in [0.5, 0.6) is 5.75 Å². The molecule has 2 aromatic rings. The molecule has 0 aliphatic rings. The smallest absolute Gasteiger partial charge is 0.192 e. The van der Waals surface area contributed by atoms with Crippen LogP contribution in [-0.4, -0.2) is 57.7 Å². The van der Waals surface area contributed by atoms with Crippen LogP contribution in [0.3, 0.4) is 0 Å². The van der Waals surface area contributed by atoms with Gasteiger partial charge in [-0.1, -0.05) is 84.0 Å². The number of hydrogen-bond acceptors (Lipinski definition) is 6. The van der Waals surface area contributed by atoms with Gasteiger partial charge in [-0.05, 0) is 78.4 Å². The fourth-order valence-electron chi connectivity index (χ4n) is 5.43. The highest BCUT2D eigenvalue weighted by atomic mass is 28.4. The average Bonchev–Trinajstić information content (AvgIpc) is 2.95. The number of aliphatic hydroxyl groups excluding tert-OH is 2. The van der Waals surface area contributed by atoms with E-state index in [2.05, 4.69) is 66.8 Å². The molecule has 2 N–H and O–H groups in total. The second kappa shape index (κ2) is 18.3. The molecule has 7 heteroatoms. The van der Waals surface area contributed by atoms with Crippen LogP contribution in [0.4, 0.5) is 0 Å². The van der Waals surface area contributed by atoms with Crippen molar-refractivity contribution >= 4 is 8.32 Å². The zero-order chi connectivity index (χ0) is 32.0. The first-order valence-corrected chi connectivity index (χ1v) is 19.0. The Morgan fingerprint density at radius 1 is 0.767 bits per heavy atom. The average molecular weight is 617 g/mol. The predicted molar refractivity (Wildman–Crippen MR) is 179 cm³/mol. The lowest BCUT2D eigenvalue weighted by atomic mass is 9.83. The zero-order valence-electron chi connectivity index (χ0n) is 28.3. The summed E-state index contributed by atoms with van der Waals surface area (Å²) in [7, 11) is -0.330. The molecule has 0 bridgehead atoms. The van der Waals surface area contributed by atoms with Gasteiger partial charge in [0.1, 0.15) is 5.75 Å². The van der Waals surface area contributed by atoms with Gasteiger partial charge in [0.2, 0.25) is 0 Å². The molecule has 0 amide bonds. The van der Waals surface area contributed by atoms with Crippen LogP contribution in [0.1, 0.15) is 71.9 Å². The minimum absolute atomic E-state index is 0.0391. The van der Waals surface area contributed by atoms with Gasteiger partial charge in [-0.15, -0.1) is 0 Å². The Morgan fingerprint density at radius 3 is 1.88 bits per heavy atom. The van der Waals surface area contributed by atoms with Crippen LogP contribution in [0, 0.1) is 23.7 Å². The molecular formula is C36H60O6Si. The van der Waals surface area contributed by atoms with E-state index in [-0.39, 0.29) is 30.3 Å². The minimum Gasteiger partial charge on any atom is -0.497 e. The summed E-state index contributed by atoms with van der Waals surface area (Å²) in [4.78, 5) is 0. The van der Waals surface area contributed by atoms with E-state index in [1.54, 1.807) is 7.11 Å². The van der Waals surface area contributed by atoms with Crippen molar-refractivity contribution in [3.05, 3.63) is 65.7 Å². The molecule has 2 rings (SSSR count). The fraction of sp³-hybridized carbons (Fsp3) is 0.667. The molecule has 0 saturated carbocycles. The third kappa shape index (κ3) is 13.4. The Kier molecular flexibility index (Phi) is 15.9. The molecule has 0 spiro atoms. The number of methoxy groups -OCH3 is 1. The van der Waals surface area contributed by atoms with Crippen LogP contribution in [-0.2, 0) is 27.1 Å². The summed E-state index contributed by atoms with van der Waals surface area (Å²) in [6.07, 6.45) is 2.15. The molecule has 0 radical (unpaired) electrons. The van der Waals surface area contributed by atoms with Crippen LogP contribution in [0.15, 0.2) is 54.6 Å². The number of benzene rings is 2. The van der Waals surface area contributed by atoms with E-state index in [1.807, 2.05) is 42.5 Å². The highest BCUT2D eigenvalue weighted by Gasteiger charge is 2.40. The number of rotatable bonds is 20. The van der Waals surface area contributed by atoms with Crippen molar-refractivity contribution in [3.63, 3.8) is 0 Å². The summed E-state index contributed by atoms with van der Waals surface area (Å²) in [5.41, 5.74) is 2.20. The van der Waals surface area contributed by atoms with Crippen LogP contribution in [0.25, 0.3) is 0 Å². The molecule has 244 valence electrons. The van der Waals surface area contributed by atoms with Gasteiger partial charge in [0.05, 0.1) is 45.7 Å². The third-order valence-corrected chi connectivity index (χ3v) is 13.6. The van der Waals surface area contributed by atoms with Crippen LogP contribution < -0.4 is 4.74 Å². The zero-order valence-corrected chi connectivity index (χ0v) is 29.3. The molecular weight excluding hydrogens is 556 g/mol. The minimum atomic E-state index is -1.97. The Hall–Kier alpha value is -1.74. The van der Waals surface area contributed by atoms with E-state index >= 15 is 0 Å². The van der Waals surface area contributed by atoms with Crippen molar-refractivity contribution in [3.8, 4) is 5.75 Å². The molecule has 6 atom stereocenters. The molecule has 2 aromatic carbocycles. The highest BCUT2D eigenvalue weighted by Crippen LogP contribution is 2.39. The molecule has 0 heterocycles. The number of ether oxygens (including phenoxy) is 3. The maximum Gasteiger partial charge on any atom is 0.192 e. The molecule has 6 nitrogen and oxygen atoms in total. The van der Waals surface area contributed by atoms with Gasteiger partial charge >= 0.3 is 0 Å². The van der Waals surface area contributed by atoms with Crippen molar-refractivity contribution in [2.24, 2.45) is 23.7 Å². The first kappa shape index (κ1) is 37.4. The molecule has 0 unspecified atom stereocenters. The summed E-state index contributed by atoms with van der Waals surface area (Å²) in [6.45, 7) is 20.0. The molecule has 0 aliphatic heterocycles. The van der Waals surface area contributed by atoms with E-state index in [0.717, 1.165) is 30.6 Å². The predicted octanol–water partition coefficient (Wildman–Crippen LogP) is 7.87. The molecule has 0 saturated heterocycles. The van der Waals surface area contributed by atoms with Gasteiger partial charge in [-0.3, -0.25) is 0 Å². The molecule has 0 aliphatic carbocycles. The first-order chi connectivity index (χ1) is 20.3. The normalized spacial score (nSPS) is 16.7. The van der Waals surface area contributed by atoms with Crippen molar-refractivity contribution < 1.29 is 28.8 Å². The lowest BCUT2D eigenvalue weighted by Gasteiger charge is -2.41. The molecule has 0 aromatic heterocycles. The largest absolute Gasteiger partial charge is 0.497 e. The van der Waals surface area contributed by atoms with Crippen molar-refractivity contribution in [2.75, 3.05) is 26.9 Å². The summed E-state index contributed by atoms with van der Waals surface area (Å²) in [6, 6.07) is 18.0. The second-order valence-electron chi connectivity index (χ2n) is 14.2. The Labute approximate surface area is 263 Å². The van der Waals surface area contributed by atoms with Gasteiger partial charge < -0.3 is 28.8 Å². The standard InChI is InChI=1S/C36H60O6Si/c1-27(19-28(2)21-32(22-37)34(38)25-40-24-31-15-17-33(39-7)18-16-31)20-29(3)35(42-43(8,9)36(4,5)6)26-41-23-30-13-11-10-12-14-30/h10-18,27-29,32,34-35,37-38H,19-26H2,1-9H3/t27-,28+,29+,32-,34+,35+/m1/s1. The summed E-state index contributed by atoms with van der Waals surface area (Å²) in [5.74, 6) is 1.78. The van der Waals surface area contributed by atoms with Crippen molar-refractivity contribution in [2.45, 2.75) is 104 Å². The van der Waals surface area contributed by atoms with Gasteiger partial charge in [0, 0.05) is 12.5 Å². The quantitative estimate of drug-likeness (QED) is 0.148. The highest BCUT2D eigenvalue weighted by molar-refractivity contribution is 6.74. The monoisotopic (exact) mass is 616 g/mol. The second-order valence-corrected chi connectivity index (χ2v) is 18.9. The van der Waals surface area contributed by atoms with E-state index < -0.39 is 14.4 Å². The Morgan fingerprint density at radius 2 is 1.33 bits per heavy atom. The van der Waals surface area contributed by atoms with E-state index in [9.17, 15) is 10.2 Å². The van der Waals surface area contributed by atoms with E-state index in [4.69, 9.17) is 18.6 Å². The van der Waals surface area contributed by atoms with Gasteiger partial charge in [-0.25, -0.2) is 0 Å².